The highest BCUT2D eigenvalue weighted by molar-refractivity contribution is 5.79. The van der Waals surface area contributed by atoms with Crippen molar-refractivity contribution in [3.63, 3.8) is 0 Å². The summed E-state index contributed by atoms with van der Waals surface area (Å²) in [6.07, 6.45) is 1.92. The van der Waals surface area contributed by atoms with Gasteiger partial charge in [0.15, 0.2) is 0 Å². The van der Waals surface area contributed by atoms with Crippen LogP contribution in [0.3, 0.4) is 0 Å². The number of ether oxygens (including phenoxy) is 1. The van der Waals surface area contributed by atoms with Gasteiger partial charge < -0.3 is 25.6 Å². The number of nitrogens with zero attached hydrogens (tertiary/aromatic N) is 3. The van der Waals surface area contributed by atoms with Crippen molar-refractivity contribution in [2.75, 3.05) is 40.0 Å². The Hall–Kier alpha value is -1.87. The predicted molar refractivity (Wildman–Crippen MR) is 95.5 cm³/mol. The fourth-order valence-corrected chi connectivity index (χ4v) is 3.58. The number of halogens is 1. The smallest absolute Gasteiger partial charge is 0.213 e. The summed E-state index contributed by atoms with van der Waals surface area (Å²) >= 11 is 0. The van der Waals surface area contributed by atoms with E-state index in [4.69, 9.17) is 10.5 Å². The van der Waals surface area contributed by atoms with E-state index in [2.05, 4.69) is 14.9 Å². The van der Waals surface area contributed by atoms with Crippen LogP contribution in [0.1, 0.15) is 17.9 Å². The summed E-state index contributed by atoms with van der Waals surface area (Å²) in [5.41, 5.74) is 7.32. The molecule has 26 heavy (non-hydrogen) atoms. The highest BCUT2D eigenvalue weighted by Crippen LogP contribution is 2.29. The zero-order chi connectivity index (χ0) is 18.7. The molecule has 7 nitrogen and oxygen atoms in total. The number of aliphatic hydroxyl groups is 2. The van der Waals surface area contributed by atoms with Crippen molar-refractivity contribution in [1.82, 2.24) is 14.9 Å². The average Bonchev–Trinajstić information content (AvgIpc) is 2.67. The molecule has 0 saturated carbocycles. The number of fused-ring (bicyclic) bond motifs is 1. The van der Waals surface area contributed by atoms with E-state index in [9.17, 15) is 14.6 Å². The van der Waals surface area contributed by atoms with Crippen LogP contribution in [0.2, 0.25) is 0 Å². The molecule has 1 fully saturated rings. The first-order valence-electron chi connectivity index (χ1n) is 8.76. The number of nitrogens with two attached hydrogens (primary N) is 1. The summed E-state index contributed by atoms with van der Waals surface area (Å²) in [7, 11) is 1.50. The van der Waals surface area contributed by atoms with E-state index in [-0.39, 0.29) is 25.2 Å². The fraction of sp³-hybridized carbons (Fsp3) is 0.556. The van der Waals surface area contributed by atoms with Gasteiger partial charge in [-0.2, -0.15) is 0 Å². The number of rotatable bonds is 6. The van der Waals surface area contributed by atoms with Crippen LogP contribution < -0.4 is 10.5 Å². The van der Waals surface area contributed by atoms with Crippen molar-refractivity contribution in [2.24, 2.45) is 11.7 Å². The largest absolute Gasteiger partial charge is 0.481 e. The van der Waals surface area contributed by atoms with Crippen molar-refractivity contribution in [2.45, 2.75) is 18.4 Å². The molecule has 3 unspecified atom stereocenters. The highest BCUT2D eigenvalue weighted by atomic mass is 19.1. The van der Waals surface area contributed by atoms with Gasteiger partial charge in [0, 0.05) is 49.2 Å². The quantitative estimate of drug-likeness (QED) is 0.685. The molecule has 2 aromatic heterocycles. The van der Waals surface area contributed by atoms with Gasteiger partial charge in [-0.05, 0) is 19.0 Å². The van der Waals surface area contributed by atoms with Gasteiger partial charge in [-0.25, -0.2) is 9.37 Å². The first kappa shape index (κ1) is 18.9. The van der Waals surface area contributed by atoms with Gasteiger partial charge >= 0.3 is 0 Å². The first-order valence-corrected chi connectivity index (χ1v) is 8.76. The van der Waals surface area contributed by atoms with Gasteiger partial charge in [0.2, 0.25) is 5.88 Å². The Kier molecular flexibility index (Phi) is 5.98. The van der Waals surface area contributed by atoms with Crippen LogP contribution in [0.5, 0.6) is 5.88 Å². The number of methoxy groups -OCH3 is 1. The molecule has 8 heteroatoms. The summed E-state index contributed by atoms with van der Waals surface area (Å²) in [5.74, 6) is -0.606. The van der Waals surface area contributed by atoms with Crippen LogP contribution in [-0.4, -0.2) is 71.1 Å². The van der Waals surface area contributed by atoms with Crippen LogP contribution in [0.25, 0.3) is 11.0 Å². The van der Waals surface area contributed by atoms with Crippen LogP contribution in [0, 0.1) is 11.7 Å². The van der Waals surface area contributed by atoms with E-state index >= 15 is 0 Å². The standard InChI is InChI=1S/C18H25FN4O3/c1-26-16-3-2-15-18(22-16)17(13(19)6-21-15)12(10-25)8-23-5-4-14(20)11(7-23)9-24/h2-3,6,11-12,14,24-25H,4-5,7-10,20H2,1H3. The second kappa shape index (κ2) is 8.22. The summed E-state index contributed by atoms with van der Waals surface area (Å²) in [5, 5.41) is 19.4. The average molecular weight is 364 g/mol. The minimum atomic E-state index is -0.496. The molecule has 142 valence electrons. The second-order valence-electron chi connectivity index (χ2n) is 6.78. The normalized spacial score (nSPS) is 22.5. The summed E-state index contributed by atoms with van der Waals surface area (Å²) < 4.78 is 19.8. The van der Waals surface area contributed by atoms with E-state index in [0.29, 0.717) is 35.6 Å². The van der Waals surface area contributed by atoms with Gasteiger partial charge in [-0.3, -0.25) is 4.98 Å². The van der Waals surface area contributed by atoms with Crippen molar-refractivity contribution >= 4 is 11.0 Å². The molecule has 0 bridgehead atoms. The Morgan fingerprint density at radius 2 is 2.23 bits per heavy atom. The number of hydrogen-bond donors (Lipinski definition) is 3. The zero-order valence-electron chi connectivity index (χ0n) is 14.8. The molecule has 0 spiro atoms. The molecule has 1 saturated heterocycles. The maximum atomic E-state index is 14.6. The number of likely N-dealkylation sites (tertiary alicyclic amines) is 1. The first-order chi connectivity index (χ1) is 12.6. The lowest BCUT2D eigenvalue weighted by atomic mass is 9.91. The van der Waals surface area contributed by atoms with Gasteiger partial charge in [-0.1, -0.05) is 0 Å². The third kappa shape index (κ3) is 3.78. The van der Waals surface area contributed by atoms with Gasteiger partial charge in [0.1, 0.15) is 5.82 Å². The van der Waals surface area contributed by atoms with E-state index in [1.54, 1.807) is 12.1 Å². The van der Waals surface area contributed by atoms with E-state index in [1.165, 1.54) is 7.11 Å². The van der Waals surface area contributed by atoms with Crippen LogP contribution in [0.4, 0.5) is 4.39 Å². The highest BCUT2D eigenvalue weighted by Gasteiger charge is 2.29. The van der Waals surface area contributed by atoms with Crippen molar-refractivity contribution < 1.29 is 19.3 Å². The minimum Gasteiger partial charge on any atom is -0.481 e. The number of pyridine rings is 2. The lowest BCUT2D eigenvalue weighted by Gasteiger charge is -2.37. The number of aliphatic hydroxyl groups excluding tert-OH is 2. The molecular formula is C18H25FN4O3. The molecule has 0 amide bonds. The van der Waals surface area contributed by atoms with Gasteiger partial charge in [-0.15, -0.1) is 0 Å². The summed E-state index contributed by atoms with van der Waals surface area (Å²) in [6, 6.07) is 3.36. The predicted octanol–water partition coefficient (Wildman–Crippen LogP) is 0.495. The van der Waals surface area contributed by atoms with E-state index in [0.717, 1.165) is 19.2 Å². The van der Waals surface area contributed by atoms with Crippen molar-refractivity contribution in [3.05, 3.63) is 29.7 Å². The Balaban J connectivity index is 1.91. The molecule has 1 aliphatic heterocycles. The molecule has 1 aliphatic rings. The molecule has 4 N–H and O–H groups in total. The molecule has 0 aliphatic carbocycles. The van der Waals surface area contributed by atoms with Gasteiger partial charge in [0.25, 0.3) is 0 Å². The summed E-state index contributed by atoms with van der Waals surface area (Å²) in [4.78, 5) is 10.5. The third-order valence-corrected chi connectivity index (χ3v) is 5.11. The van der Waals surface area contributed by atoms with E-state index < -0.39 is 11.7 Å². The molecule has 3 atom stereocenters. The lowest BCUT2D eigenvalue weighted by molar-refractivity contribution is 0.0923. The van der Waals surface area contributed by atoms with E-state index in [1.807, 2.05) is 0 Å². The zero-order valence-corrected chi connectivity index (χ0v) is 14.8. The maximum Gasteiger partial charge on any atom is 0.213 e. The van der Waals surface area contributed by atoms with Crippen molar-refractivity contribution in [1.29, 1.82) is 0 Å². The molecule has 3 rings (SSSR count). The second-order valence-corrected chi connectivity index (χ2v) is 6.78. The molecule has 3 heterocycles. The summed E-state index contributed by atoms with van der Waals surface area (Å²) in [6.45, 7) is 1.62. The monoisotopic (exact) mass is 364 g/mol. The molecule has 2 aromatic rings. The number of hydrogen-bond acceptors (Lipinski definition) is 7. The Labute approximate surface area is 151 Å². The molecular weight excluding hydrogens is 339 g/mol. The van der Waals surface area contributed by atoms with Crippen LogP contribution in [-0.2, 0) is 0 Å². The Morgan fingerprint density at radius 3 is 2.92 bits per heavy atom. The molecule has 0 radical (unpaired) electrons. The molecule has 0 aromatic carbocycles. The SMILES string of the molecule is COc1ccc2ncc(F)c(C(CO)CN3CCC(N)C(CO)C3)c2n1. The van der Waals surface area contributed by atoms with Crippen molar-refractivity contribution in [3.8, 4) is 5.88 Å². The fourth-order valence-electron chi connectivity index (χ4n) is 3.58. The minimum absolute atomic E-state index is 0.0136. The van der Waals surface area contributed by atoms with Crippen LogP contribution in [0.15, 0.2) is 18.3 Å². The third-order valence-electron chi connectivity index (χ3n) is 5.11. The topological polar surface area (TPSA) is 105 Å². The number of piperidine rings is 1. The Bertz CT molecular complexity index is 761. The Morgan fingerprint density at radius 1 is 1.42 bits per heavy atom. The lowest BCUT2D eigenvalue weighted by Crippen LogP contribution is -2.49. The maximum absolute atomic E-state index is 14.6. The van der Waals surface area contributed by atoms with Crippen LogP contribution >= 0.6 is 0 Å². The number of aromatic nitrogens is 2. The van der Waals surface area contributed by atoms with Gasteiger partial charge in [0.05, 0.1) is 30.9 Å².